The second-order valence-electron chi connectivity index (χ2n) is 6.38. The maximum absolute atomic E-state index is 11.8. The van der Waals surface area contributed by atoms with E-state index in [9.17, 15) is 4.79 Å². The minimum absolute atomic E-state index is 0.0949. The van der Waals surface area contributed by atoms with Crippen molar-refractivity contribution in [2.75, 3.05) is 20.2 Å². The monoisotopic (exact) mass is 308 g/mol. The van der Waals surface area contributed by atoms with Gasteiger partial charge in [-0.1, -0.05) is 0 Å². The Kier molecular flexibility index (Phi) is 5.18. The molecule has 2 heterocycles. The van der Waals surface area contributed by atoms with Crippen molar-refractivity contribution in [3.05, 3.63) is 18.1 Å². The largest absolute Gasteiger partial charge is 0.480 e. The van der Waals surface area contributed by atoms with Gasteiger partial charge in [0, 0.05) is 38.1 Å². The van der Waals surface area contributed by atoms with E-state index in [0.29, 0.717) is 12.4 Å². The van der Waals surface area contributed by atoms with Crippen LogP contribution in [0.2, 0.25) is 0 Å². The Morgan fingerprint density at radius 3 is 2.82 bits per heavy atom. The number of alkyl carbamates (subject to hydrolysis) is 1. The van der Waals surface area contributed by atoms with Crippen LogP contribution < -0.4 is 10.1 Å². The number of aromatic nitrogens is 2. The van der Waals surface area contributed by atoms with Crippen molar-refractivity contribution in [1.29, 1.82) is 0 Å². The van der Waals surface area contributed by atoms with Gasteiger partial charge in [-0.05, 0) is 27.2 Å². The molecule has 1 aromatic rings. The minimum atomic E-state index is -0.477. The summed E-state index contributed by atoms with van der Waals surface area (Å²) in [7, 11) is 1.59. The lowest BCUT2D eigenvalue weighted by Crippen LogP contribution is -2.40. The molecule has 0 radical (unpaired) electrons. The third-order valence-corrected chi connectivity index (χ3v) is 3.30. The number of rotatable bonds is 4. The van der Waals surface area contributed by atoms with E-state index in [1.807, 2.05) is 20.8 Å². The molecule has 2 rings (SSSR count). The molecule has 1 saturated heterocycles. The van der Waals surface area contributed by atoms with Crippen LogP contribution in [0.3, 0.4) is 0 Å². The normalized spacial score (nSPS) is 19.0. The van der Waals surface area contributed by atoms with Crippen molar-refractivity contribution in [1.82, 2.24) is 20.2 Å². The predicted octanol–water partition coefficient (Wildman–Crippen LogP) is 1.58. The van der Waals surface area contributed by atoms with Crippen LogP contribution in [0, 0.1) is 0 Å². The summed E-state index contributed by atoms with van der Waals surface area (Å²) in [5.41, 5.74) is 0.331. The van der Waals surface area contributed by atoms with E-state index >= 15 is 0 Å². The fourth-order valence-electron chi connectivity index (χ4n) is 2.41. The lowest BCUT2D eigenvalue weighted by Gasteiger charge is -2.22. The molecule has 1 amide bonds. The summed E-state index contributed by atoms with van der Waals surface area (Å²) in [6.45, 7) is 7.87. The fourth-order valence-corrected chi connectivity index (χ4v) is 2.41. The summed E-state index contributed by atoms with van der Waals surface area (Å²) >= 11 is 0. The molecule has 122 valence electrons. The molecule has 7 nitrogen and oxygen atoms in total. The zero-order valence-corrected chi connectivity index (χ0v) is 13.6. The molecule has 1 fully saturated rings. The van der Waals surface area contributed by atoms with Crippen molar-refractivity contribution in [2.45, 2.75) is 45.4 Å². The van der Waals surface area contributed by atoms with Gasteiger partial charge in [0.05, 0.1) is 7.11 Å². The molecule has 0 spiro atoms. The van der Waals surface area contributed by atoms with Crippen LogP contribution in [0.4, 0.5) is 4.79 Å². The first kappa shape index (κ1) is 16.5. The highest BCUT2D eigenvalue weighted by Crippen LogP contribution is 2.18. The van der Waals surface area contributed by atoms with Crippen LogP contribution in [-0.2, 0) is 11.3 Å². The molecule has 0 bridgehead atoms. The van der Waals surface area contributed by atoms with Gasteiger partial charge in [0.2, 0.25) is 5.88 Å². The van der Waals surface area contributed by atoms with E-state index in [0.717, 1.165) is 25.2 Å². The Morgan fingerprint density at radius 1 is 1.41 bits per heavy atom. The van der Waals surface area contributed by atoms with Crippen LogP contribution >= 0.6 is 0 Å². The second-order valence-corrected chi connectivity index (χ2v) is 6.38. The molecular formula is C15H24N4O3. The molecule has 1 atom stereocenters. The van der Waals surface area contributed by atoms with Crippen molar-refractivity contribution in [3.8, 4) is 5.88 Å². The van der Waals surface area contributed by atoms with Gasteiger partial charge in [-0.15, -0.1) is 0 Å². The number of hydrogen-bond acceptors (Lipinski definition) is 6. The van der Waals surface area contributed by atoms with Crippen molar-refractivity contribution in [3.63, 3.8) is 0 Å². The lowest BCUT2D eigenvalue weighted by atomic mass is 10.2. The predicted molar refractivity (Wildman–Crippen MR) is 81.6 cm³/mol. The summed E-state index contributed by atoms with van der Waals surface area (Å²) in [6, 6.07) is 0.0949. The van der Waals surface area contributed by atoms with Gasteiger partial charge in [0.1, 0.15) is 11.3 Å². The number of nitrogens with zero attached hydrogens (tertiary/aromatic N) is 3. The molecule has 1 aliphatic rings. The van der Waals surface area contributed by atoms with Crippen LogP contribution in [0.5, 0.6) is 5.88 Å². The fraction of sp³-hybridized carbons (Fsp3) is 0.667. The topological polar surface area (TPSA) is 76.6 Å². The van der Waals surface area contributed by atoms with E-state index in [2.05, 4.69) is 20.2 Å². The lowest BCUT2D eigenvalue weighted by molar-refractivity contribution is 0.0505. The molecule has 0 unspecified atom stereocenters. The number of carbonyl (C=O) groups excluding carboxylic acids is 1. The number of carbonyl (C=O) groups is 1. The molecule has 22 heavy (non-hydrogen) atoms. The van der Waals surface area contributed by atoms with Gasteiger partial charge in [-0.25, -0.2) is 9.78 Å². The van der Waals surface area contributed by atoms with E-state index in [1.54, 1.807) is 19.5 Å². The van der Waals surface area contributed by atoms with Crippen molar-refractivity contribution < 1.29 is 14.3 Å². The molecule has 1 N–H and O–H groups in total. The second kappa shape index (κ2) is 6.91. The number of ether oxygens (including phenoxy) is 2. The highest BCUT2D eigenvalue weighted by molar-refractivity contribution is 5.68. The van der Waals surface area contributed by atoms with Crippen molar-refractivity contribution in [2.24, 2.45) is 0 Å². The Bertz CT molecular complexity index is 516. The van der Waals surface area contributed by atoms with Crippen LogP contribution in [0.25, 0.3) is 0 Å². The average Bonchev–Trinajstić information content (AvgIpc) is 2.84. The first-order chi connectivity index (χ1) is 10.4. The first-order valence-electron chi connectivity index (χ1n) is 7.43. The molecule has 0 aromatic carbocycles. The van der Waals surface area contributed by atoms with Gasteiger partial charge in [0.15, 0.2) is 0 Å². The maximum Gasteiger partial charge on any atom is 0.407 e. The highest BCUT2D eigenvalue weighted by atomic mass is 16.6. The van der Waals surface area contributed by atoms with E-state index < -0.39 is 5.60 Å². The van der Waals surface area contributed by atoms with E-state index in [1.165, 1.54) is 0 Å². The summed E-state index contributed by atoms with van der Waals surface area (Å²) in [4.78, 5) is 22.5. The maximum atomic E-state index is 11.8. The highest BCUT2D eigenvalue weighted by Gasteiger charge is 2.27. The van der Waals surface area contributed by atoms with Gasteiger partial charge in [-0.2, -0.15) is 0 Å². The third-order valence-electron chi connectivity index (χ3n) is 3.30. The smallest absolute Gasteiger partial charge is 0.407 e. The zero-order valence-electron chi connectivity index (χ0n) is 13.6. The zero-order chi connectivity index (χ0) is 16.2. The average molecular weight is 308 g/mol. The Morgan fingerprint density at radius 2 is 2.14 bits per heavy atom. The Labute approximate surface area is 131 Å². The quantitative estimate of drug-likeness (QED) is 0.910. The van der Waals surface area contributed by atoms with Crippen LogP contribution in [0.1, 0.15) is 32.9 Å². The molecular weight excluding hydrogens is 284 g/mol. The van der Waals surface area contributed by atoms with Gasteiger partial charge in [0.25, 0.3) is 0 Å². The number of hydrogen-bond donors (Lipinski definition) is 1. The van der Waals surface area contributed by atoms with E-state index in [-0.39, 0.29) is 12.1 Å². The molecule has 1 aromatic heterocycles. The Balaban J connectivity index is 1.84. The summed E-state index contributed by atoms with van der Waals surface area (Å²) in [5.74, 6) is 0.547. The first-order valence-corrected chi connectivity index (χ1v) is 7.43. The molecule has 0 saturated carbocycles. The van der Waals surface area contributed by atoms with E-state index in [4.69, 9.17) is 9.47 Å². The number of nitrogens with one attached hydrogen (secondary N) is 1. The minimum Gasteiger partial charge on any atom is -0.480 e. The number of likely N-dealkylation sites (tertiary alicyclic amines) is 1. The molecule has 7 heteroatoms. The summed E-state index contributed by atoms with van der Waals surface area (Å²) < 4.78 is 10.5. The summed E-state index contributed by atoms with van der Waals surface area (Å²) in [5, 5.41) is 2.91. The van der Waals surface area contributed by atoms with Crippen molar-refractivity contribution >= 4 is 6.09 Å². The van der Waals surface area contributed by atoms with Gasteiger partial charge < -0.3 is 14.8 Å². The standard InChI is InChI=1S/C15H24N4O3/c1-15(2,3)22-14(20)18-11-5-8-19(9-11)10-12-13(21-4)17-7-6-16-12/h6-7,11H,5,8-10H2,1-4H3,(H,18,20)/t11-/m0/s1. The van der Waals surface area contributed by atoms with Gasteiger partial charge >= 0.3 is 6.09 Å². The molecule has 1 aliphatic heterocycles. The summed E-state index contributed by atoms with van der Waals surface area (Å²) in [6.07, 6.45) is 3.79. The SMILES string of the molecule is COc1nccnc1CN1CC[C@H](NC(=O)OC(C)(C)C)C1. The van der Waals surface area contributed by atoms with Crippen LogP contribution in [0.15, 0.2) is 12.4 Å². The molecule has 0 aliphatic carbocycles. The Hall–Kier alpha value is -1.89. The van der Waals surface area contributed by atoms with Crippen LogP contribution in [-0.4, -0.2) is 52.8 Å². The third kappa shape index (κ3) is 4.84. The van der Waals surface area contributed by atoms with Gasteiger partial charge in [-0.3, -0.25) is 9.88 Å². The number of methoxy groups -OCH3 is 1. The number of amides is 1.